The van der Waals surface area contributed by atoms with Gasteiger partial charge in [-0.05, 0) is 30.3 Å². The maximum Gasteiger partial charge on any atom is 0.407 e. The molecule has 0 aliphatic rings. The van der Waals surface area contributed by atoms with Crippen LogP contribution in [0.2, 0.25) is 0 Å². The first-order valence-corrected chi connectivity index (χ1v) is 8.45. The Morgan fingerprint density at radius 2 is 1.37 bits per heavy atom. The van der Waals surface area contributed by atoms with Crippen LogP contribution in [0.5, 0.6) is 0 Å². The maximum absolute atomic E-state index is 6.14. The van der Waals surface area contributed by atoms with Crippen LogP contribution < -0.4 is 10.4 Å². The summed E-state index contributed by atoms with van der Waals surface area (Å²) in [6.45, 7) is 5.30. The third-order valence-electron chi connectivity index (χ3n) is 2.95. The van der Waals surface area contributed by atoms with E-state index < -0.39 is 8.56 Å². The van der Waals surface area contributed by atoms with Crippen molar-refractivity contribution in [2.24, 2.45) is 0 Å². The molecule has 0 saturated heterocycles. The summed E-state index contributed by atoms with van der Waals surface area (Å²) in [6.07, 6.45) is 0. The second kappa shape index (κ2) is 6.66. The zero-order valence-electron chi connectivity index (χ0n) is 11.4. The number of hydrogen-bond acceptors (Lipinski definition) is 2. The molecule has 0 atom stereocenters. The molecule has 0 heterocycles. The lowest BCUT2D eigenvalue weighted by Gasteiger charge is -2.30. The minimum atomic E-state index is -2.57. The first-order chi connectivity index (χ1) is 9.33. The Balaban J connectivity index is 2.54. The van der Waals surface area contributed by atoms with Gasteiger partial charge in [-0.2, -0.15) is 0 Å². The highest BCUT2D eigenvalue weighted by atomic mass is 28.4. The van der Waals surface area contributed by atoms with Gasteiger partial charge < -0.3 is 8.85 Å². The van der Waals surface area contributed by atoms with Crippen LogP contribution in [0.3, 0.4) is 0 Å². The summed E-state index contributed by atoms with van der Waals surface area (Å²) >= 11 is 0. The van der Waals surface area contributed by atoms with Crippen molar-refractivity contribution >= 4 is 18.9 Å². The lowest BCUT2D eigenvalue weighted by atomic mass is 10.4. The van der Waals surface area contributed by atoms with Crippen molar-refractivity contribution in [3.8, 4) is 0 Å². The van der Waals surface area contributed by atoms with Gasteiger partial charge in [0.25, 0.3) is 0 Å². The van der Waals surface area contributed by atoms with Crippen LogP contribution in [-0.2, 0) is 8.85 Å². The molecular weight excluding hydrogens is 252 g/mol. The fourth-order valence-electron chi connectivity index (χ4n) is 2.21. The zero-order chi connectivity index (χ0) is 13.6. The van der Waals surface area contributed by atoms with Crippen LogP contribution >= 0.6 is 0 Å². The smallest absolute Gasteiger partial charge is 0.388 e. The second-order valence-corrected chi connectivity index (χ2v) is 7.10. The molecule has 0 fully saturated rings. The minimum Gasteiger partial charge on any atom is -0.388 e. The van der Waals surface area contributed by atoms with Gasteiger partial charge in [-0.15, -0.1) is 0 Å². The molecule has 0 bridgehead atoms. The Bertz CT molecular complexity index is 437. The van der Waals surface area contributed by atoms with Crippen molar-refractivity contribution in [3.63, 3.8) is 0 Å². The van der Waals surface area contributed by atoms with E-state index in [0.29, 0.717) is 13.2 Å². The average molecular weight is 271 g/mol. The molecular formula is C16H19O2Si. The summed E-state index contributed by atoms with van der Waals surface area (Å²) in [5, 5.41) is 2.27. The highest BCUT2D eigenvalue weighted by Gasteiger charge is 2.41. The predicted molar refractivity (Wildman–Crippen MR) is 80.0 cm³/mol. The first-order valence-electron chi connectivity index (χ1n) is 6.63. The third-order valence-corrected chi connectivity index (χ3v) is 6.52. The Labute approximate surface area is 116 Å². The standard InChI is InChI=1S/C16H19O2Si/c1-3-17-19(18-4-2,15-11-7-5-8-12-15)16-13-9-6-10-14-16/h5,7-14H,3-4H2,1-2H3. The lowest BCUT2D eigenvalue weighted by Crippen LogP contribution is -2.63. The fraction of sp³-hybridized carbons (Fsp3) is 0.250. The Morgan fingerprint density at radius 3 is 1.89 bits per heavy atom. The van der Waals surface area contributed by atoms with Crippen molar-refractivity contribution in [2.45, 2.75) is 13.8 Å². The van der Waals surface area contributed by atoms with E-state index in [1.807, 2.05) is 56.3 Å². The molecule has 2 nitrogen and oxygen atoms in total. The van der Waals surface area contributed by atoms with Gasteiger partial charge >= 0.3 is 8.56 Å². The number of hydrogen-bond donors (Lipinski definition) is 0. The van der Waals surface area contributed by atoms with Crippen LogP contribution in [0.25, 0.3) is 0 Å². The van der Waals surface area contributed by atoms with E-state index >= 15 is 0 Å². The molecule has 0 spiro atoms. The van der Waals surface area contributed by atoms with E-state index in [0.717, 1.165) is 10.4 Å². The van der Waals surface area contributed by atoms with Crippen molar-refractivity contribution < 1.29 is 8.85 Å². The fourth-order valence-corrected chi connectivity index (χ4v) is 5.35. The summed E-state index contributed by atoms with van der Waals surface area (Å²) in [7, 11) is -2.57. The molecule has 2 rings (SSSR count). The topological polar surface area (TPSA) is 18.5 Å². The summed E-state index contributed by atoms with van der Waals surface area (Å²) in [4.78, 5) is 0. The van der Waals surface area contributed by atoms with Crippen molar-refractivity contribution in [1.29, 1.82) is 0 Å². The Kier molecular flexibility index (Phi) is 4.91. The molecule has 1 radical (unpaired) electrons. The van der Waals surface area contributed by atoms with E-state index in [1.165, 1.54) is 0 Å². The highest BCUT2D eigenvalue weighted by Crippen LogP contribution is 2.09. The largest absolute Gasteiger partial charge is 0.407 e. The molecule has 0 unspecified atom stereocenters. The van der Waals surface area contributed by atoms with Crippen LogP contribution in [0, 0.1) is 6.07 Å². The first kappa shape index (κ1) is 14.0. The van der Waals surface area contributed by atoms with E-state index in [-0.39, 0.29) is 0 Å². The number of rotatable bonds is 6. The molecule has 19 heavy (non-hydrogen) atoms. The summed E-state index contributed by atoms with van der Waals surface area (Å²) in [5.41, 5.74) is 0. The van der Waals surface area contributed by atoms with Crippen LogP contribution in [0.4, 0.5) is 0 Å². The summed E-state index contributed by atoms with van der Waals surface area (Å²) < 4.78 is 12.3. The second-order valence-electron chi connectivity index (χ2n) is 4.14. The van der Waals surface area contributed by atoms with Crippen LogP contribution in [-0.4, -0.2) is 21.8 Å². The highest BCUT2D eigenvalue weighted by molar-refractivity contribution is 6.92. The van der Waals surface area contributed by atoms with Gasteiger partial charge in [-0.25, -0.2) is 0 Å². The monoisotopic (exact) mass is 271 g/mol. The molecule has 3 heteroatoms. The molecule has 0 N–H and O–H groups in total. The molecule has 0 saturated carbocycles. The van der Waals surface area contributed by atoms with Crippen molar-refractivity contribution in [1.82, 2.24) is 0 Å². The van der Waals surface area contributed by atoms with E-state index in [1.54, 1.807) is 0 Å². The van der Waals surface area contributed by atoms with E-state index in [9.17, 15) is 0 Å². The molecule has 2 aromatic rings. The Morgan fingerprint density at radius 1 is 0.842 bits per heavy atom. The van der Waals surface area contributed by atoms with E-state index in [4.69, 9.17) is 8.85 Å². The summed E-state index contributed by atoms with van der Waals surface area (Å²) in [6, 6.07) is 21.2. The van der Waals surface area contributed by atoms with Crippen molar-refractivity contribution in [3.05, 3.63) is 60.7 Å². The van der Waals surface area contributed by atoms with Gasteiger partial charge in [0.1, 0.15) is 0 Å². The normalized spacial score (nSPS) is 11.5. The quantitative estimate of drug-likeness (QED) is 0.749. The van der Waals surface area contributed by atoms with Gasteiger partial charge in [-0.3, -0.25) is 0 Å². The number of benzene rings is 2. The predicted octanol–water partition coefficient (Wildman–Crippen LogP) is 2.12. The van der Waals surface area contributed by atoms with Gasteiger partial charge in [0.2, 0.25) is 0 Å². The molecule has 99 valence electrons. The van der Waals surface area contributed by atoms with Gasteiger partial charge in [0.05, 0.1) is 0 Å². The molecule has 0 aromatic heterocycles. The molecule has 0 aliphatic carbocycles. The third kappa shape index (κ3) is 2.95. The van der Waals surface area contributed by atoms with Crippen molar-refractivity contribution in [2.75, 3.05) is 13.2 Å². The van der Waals surface area contributed by atoms with E-state index in [2.05, 4.69) is 18.2 Å². The minimum absolute atomic E-state index is 0.639. The van der Waals surface area contributed by atoms with Gasteiger partial charge in [0, 0.05) is 13.2 Å². The SMILES string of the molecule is CCO[Si](OCC)(c1cc[c]cc1)c1ccccc1. The lowest BCUT2D eigenvalue weighted by molar-refractivity contribution is 0.208. The summed E-state index contributed by atoms with van der Waals surface area (Å²) in [5.74, 6) is 0. The molecule has 2 aromatic carbocycles. The van der Waals surface area contributed by atoms with Gasteiger partial charge in [-0.1, -0.05) is 54.6 Å². The Hall–Kier alpha value is -1.42. The average Bonchev–Trinajstić information content (AvgIpc) is 2.49. The van der Waals surface area contributed by atoms with Gasteiger partial charge in [0.15, 0.2) is 0 Å². The molecule has 0 aliphatic heterocycles. The maximum atomic E-state index is 6.14. The van der Waals surface area contributed by atoms with Crippen LogP contribution in [0.15, 0.2) is 54.6 Å². The zero-order valence-corrected chi connectivity index (χ0v) is 12.4. The molecule has 0 amide bonds. The van der Waals surface area contributed by atoms with Crippen LogP contribution in [0.1, 0.15) is 13.8 Å².